The Kier molecular flexibility index (Phi) is 3.70. The quantitative estimate of drug-likeness (QED) is 0.761. The van der Waals surface area contributed by atoms with E-state index in [1.54, 1.807) is 29.8 Å². The van der Waals surface area contributed by atoms with Crippen LogP contribution in [0.15, 0.2) is 41.8 Å². The Bertz CT molecular complexity index is 652. The Balaban J connectivity index is 1.86. The number of aliphatic hydroxyl groups is 1. The van der Waals surface area contributed by atoms with Crippen LogP contribution in [0.3, 0.4) is 0 Å². The van der Waals surface area contributed by atoms with Gasteiger partial charge in [0.1, 0.15) is 6.10 Å². The van der Waals surface area contributed by atoms with Gasteiger partial charge in [-0.25, -0.2) is 0 Å². The fourth-order valence-electron chi connectivity index (χ4n) is 1.78. The van der Waals surface area contributed by atoms with Crippen LogP contribution in [0.1, 0.15) is 15.9 Å². The van der Waals surface area contributed by atoms with Crippen LogP contribution in [-0.4, -0.2) is 12.2 Å². The zero-order valence-corrected chi connectivity index (χ0v) is 12.6. The lowest BCUT2D eigenvalue weighted by atomic mass is 10.2. The van der Waals surface area contributed by atoms with Gasteiger partial charge in [-0.3, -0.25) is 0 Å². The van der Waals surface area contributed by atoms with Crippen molar-refractivity contribution < 1.29 is 9.84 Å². The van der Waals surface area contributed by atoms with E-state index in [2.05, 4.69) is 17.5 Å². The van der Waals surface area contributed by atoms with E-state index in [-0.39, 0.29) is 0 Å². The summed E-state index contributed by atoms with van der Waals surface area (Å²) in [4.78, 5) is 4.32. The predicted molar refractivity (Wildman–Crippen MR) is 82.6 cm³/mol. The maximum absolute atomic E-state index is 10.4. The Morgan fingerprint density at radius 3 is 2.47 bits per heavy atom. The molecule has 1 atom stereocenters. The molecule has 0 aliphatic carbocycles. The van der Waals surface area contributed by atoms with Gasteiger partial charge in [0.05, 0.1) is 7.11 Å². The Labute approximate surface area is 123 Å². The third kappa shape index (κ3) is 2.60. The van der Waals surface area contributed by atoms with Crippen LogP contribution in [0.5, 0.6) is 5.06 Å². The van der Waals surface area contributed by atoms with Crippen LogP contribution in [0.25, 0.3) is 9.75 Å². The SMILES string of the molecule is COc1ccc(C(O)c2ccc(-c3cccs3)s2)s1. The molecule has 3 aromatic rings. The van der Waals surface area contributed by atoms with Crippen molar-refractivity contribution in [2.24, 2.45) is 0 Å². The van der Waals surface area contributed by atoms with Crippen molar-refractivity contribution in [2.75, 3.05) is 7.11 Å². The highest BCUT2D eigenvalue weighted by molar-refractivity contribution is 7.21. The molecule has 0 bridgehead atoms. The number of aliphatic hydroxyl groups excluding tert-OH is 1. The number of thiophene rings is 3. The Hall–Kier alpha value is -1.14. The van der Waals surface area contributed by atoms with E-state index >= 15 is 0 Å². The van der Waals surface area contributed by atoms with Gasteiger partial charge >= 0.3 is 0 Å². The summed E-state index contributed by atoms with van der Waals surface area (Å²) in [5.74, 6) is 0. The van der Waals surface area contributed by atoms with Crippen LogP contribution >= 0.6 is 34.0 Å². The second kappa shape index (κ2) is 5.46. The summed E-state index contributed by atoms with van der Waals surface area (Å²) in [7, 11) is 1.64. The standard InChI is InChI=1S/C14H12O2S3/c1-16-13-7-6-12(19-13)14(15)11-5-4-10(18-11)9-3-2-8-17-9/h2-8,14-15H,1H3. The summed E-state index contributed by atoms with van der Waals surface area (Å²) in [5, 5.41) is 13.3. The largest absolute Gasteiger partial charge is 0.487 e. The second-order valence-electron chi connectivity index (χ2n) is 3.94. The highest BCUT2D eigenvalue weighted by Gasteiger charge is 2.16. The molecule has 0 saturated carbocycles. The molecule has 1 N–H and O–H groups in total. The van der Waals surface area contributed by atoms with Crippen LogP contribution in [-0.2, 0) is 0 Å². The van der Waals surface area contributed by atoms with E-state index in [1.807, 2.05) is 24.3 Å². The summed E-state index contributed by atoms with van der Waals surface area (Å²) in [6.07, 6.45) is -0.562. The second-order valence-corrected chi connectivity index (χ2v) is 7.08. The number of hydrogen-bond donors (Lipinski definition) is 1. The van der Waals surface area contributed by atoms with E-state index in [9.17, 15) is 5.11 Å². The first-order chi connectivity index (χ1) is 9.28. The topological polar surface area (TPSA) is 29.5 Å². The van der Waals surface area contributed by atoms with Crippen molar-refractivity contribution in [3.8, 4) is 14.8 Å². The molecule has 3 rings (SSSR count). The van der Waals surface area contributed by atoms with Crippen LogP contribution in [0.2, 0.25) is 0 Å². The minimum Gasteiger partial charge on any atom is -0.487 e. The van der Waals surface area contributed by atoms with Gasteiger partial charge in [0.15, 0.2) is 5.06 Å². The molecule has 3 aromatic heterocycles. The third-order valence-electron chi connectivity index (χ3n) is 2.73. The number of hydrogen-bond acceptors (Lipinski definition) is 5. The van der Waals surface area contributed by atoms with Crippen LogP contribution in [0.4, 0.5) is 0 Å². The molecule has 19 heavy (non-hydrogen) atoms. The van der Waals surface area contributed by atoms with Gasteiger partial charge in [-0.1, -0.05) is 6.07 Å². The average Bonchev–Trinajstić information content (AvgIpc) is 3.16. The van der Waals surface area contributed by atoms with E-state index in [0.717, 1.165) is 14.8 Å². The molecule has 0 aliphatic heterocycles. The van der Waals surface area contributed by atoms with Gasteiger partial charge in [-0.05, 0) is 35.7 Å². The molecule has 0 aliphatic rings. The molecule has 2 nitrogen and oxygen atoms in total. The molecule has 0 aromatic carbocycles. The number of methoxy groups -OCH3 is 1. The third-order valence-corrected chi connectivity index (χ3v) is 6.04. The summed E-state index contributed by atoms with van der Waals surface area (Å²) < 4.78 is 5.16. The first-order valence-corrected chi connectivity index (χ1v) is 8.24. The van der Waals surface area contributed by atoms with Crippen molar-refractivity contribution in [1.29, 1.82) is 0 Å². The monoisotopic (exact) mass is 308 g/mol. The molecule has 5 heteroatoms. The Morgan fingerprint density at radius 2 is 1.79 bits per heavy atom. The van der Waals surface area contributed by atoms with Crippen molar-refractivity contribution >= 4 is 34.0 Å². The van der Waals surface area contributed by atoms with E-state index in [4.69, 9.17) is 4.74 Å². The first kappa shape index (κ1) is 12.9. The van der Waals surface area contributed by atoms with Gasteiger partial charge in [0.25, 0.3) is 0 Å². The minimum absolute atomic E-state index is 0.562. The average molecular weight is 308 g/mol. The smallest absolute Gasteiger partial charge is 0.173 e. The van der Waals surface area contributed by atoms with Crippen LogP contribution in [0, 0.1) is 0 Å². The molecule has 0 spiro atoms. The molecule has 0 amide bonds. The van der Waals surface area contributed by atoms with Crippen molar-refractivity contribution in [3.63, 3.8) is 0 Å². The fourth-order valence-corrected chi connectivity index (χ4v) is 4.53. The maximum atomic E-state index is 10.4. The lowest BCUT2D eigenvalue weighted by Crippen LogP contribution is -1.92. The summed E-state index contributed by atoms with van der Waals surface area (Å²) in [6, 6.07) is 12.0. The van der Waals surface area contributed by atoms with Gasteiger partial charge in [0, 0.05) is 19.5 Å². The Morgan fingerprint density at radius 1 is 1.00 bits per heavy atom. The lowest BCUT2D eigenvalue weighted by molar-refractivity contribution is 0.228. The zero-order chi connectivity index (χ0) is 13.2. The van der Waals surface area contributed by atoms with Gasteiger partial charge in [-0.2, -0.15) is 0 Å². The van der Waals surface area contributed by atoms with Crippen molar-refractivity contribution in [2.45, 2.75) is 6.10 Å². The zero-order valence-electron chi connectivity index (χ0n) is 10.2. The van der Waals surface area contributed by atoms with E-state index in [1.165, 1.54) is 21.1 Å². The van der Waals surface area contributed by atoms with Gasteiger partial charge in [-0.15, -0.1) is 34.0 Å². The molecule has 98 valence electrons. The van der Waals surface area contributed by atoms with Gasteiger partial charge < -0.3 is 9.84 Å². The van der Waals surface area contributed by atoms with Crippen LogP contribution < -0.4 is 4.74 Å². The molecular formula is C14H12O2S3. The summed E-state index contributed by atoms with van der Waals surface area (Å²) in [6.45, 7) is 0. The summed E-state index contributed by atoms with van der Waals surface area (Å²) >= 11 is 4.83. The molecule has 0 saturated heterocycles. The highest BCUT2D eigenvalue weighted by Crippen LogP contribution is 2.38. The first-order valence-electron chi connectivity index (χ1n) is 5.73. The molecular weight excluding hydrogens is 296 g/mol. The maximum Gasteiger partial charge on any atom is 0.173 e. The van der Waals surface area contributed by atoms with Crippen molar-refractivity contribution in [1.82, 2.24) is 0 Å². The molecule has 0 fully saturated rings. The minimum atomic E-state index is -0.562. The normalized spacial score (nSPS) is 12.5. The predicted octanol–water partition coefficient (Wildman–Crippen LogP) is 4.63. The number of rotatable bonds is 4. The van der Waals surface area contributed by atoms with E-state index < -0.39 is 6.10 Å². The van der Waals surface area contributed by atoms with E-state index in [0.29, 0.717) is 0 Å². The highest BCUT2D eigenvalue weighted by atomic mass is 32.1. The molecule has 0 radical (unpaired) electrons. The van der Waals surface area contributed by atoms with Gasteiger partial charge in [0.2, 0.25) is 0 Å². The number of ether oxygens (including phenoxy) is 1. The fraction of sp³-hybridized carbons (Fsp3) is 0.143. The lowest BCUT2D eigenvalue weighted by Gasteiger charge is -2.04. The molecule has 3 heterocycles. The van der Waals surface area contributed by atoms with Crippen molar-refractivity contribution in [3.05, 3.63) is 51.5 Å². The summed E-state index contributed by atoms with van der Waals surface area (Å²) in [5.41, 5.74) is 0. The molecule has 1 unspecified atom stereocenters.